The Labute approximate surface area is 210 Å². The Hall–Kier alpha value is -2.61. The van der Waals surface area contributed by atoms with Gasteiger partial charge in [-0.15, -0.1) is 0 Å². The normalized spacial score (nSPS) is 14.3. The largest absolute Gasteiger partial charge is 0.444 e. The van der Waals surface area contributed by atoms with Gasteiger partial charge in [-0.25, -0.2) is 4.79 Å². The van der Waals surface area contributed by atoms with E-state index in [4.69, 9.17) is 4.74 Å². The molecule has 0 spiro atoms. The van der Waals surface area contributed by atoms with Gasteiger partial charge in [0.1, 0.15) is 17.7 Å². The number of aliphatic hydroxyl groups excluding tert-OH is 1. The fourth-order valence-corrected chi connectivity index (χ4v) is 3.68. The van der Waals surface area contributed by atoms with E-state index >= 15 is 0 Å². The Bertz CT molecular complexity index is 830. The molecule has 35 heavy (non-hydrogen) atoms. The number of aryl methyl sites for hydroxylation is 1. The highest BCUT2D eigenvalue weighted by Crippen LogP contribution is 2.28. The predicted octanol–water partition coefficient (Wildman–Crippen LogP) is 4.10. The first-order chi connectivity index (χ1) is 16.2. The Kier molecular flexibility index (Phi) is 11.7. The van der Waals surface area contributed by atoms with Crippen molar-refractivity contribution < 1.29 is 24.2 Å². The lowest BCUT2D eigenvalue weighted by molar-refractivity contribution is -0.146. The highest BCUT2D eigenvalue weighted by Gasteiger charge is 2.38. The zero-order chi connectivity index (χ0) is 26.9. The van der Waals surface area contributed by atoms with Gasteiger partial charge in [0.2, 0.25) is 11.8 Å². The Morgan fingerprint density at radius 1 is 0.971 bits per heavy atom. The first-order valence-corrected chi connectivity index (χ1v) is 12.5. The number of hydrogen-bond donors (Lipinski definition) is 3. The van der Waals surface area contributed by atoms with Crippen LogP contribution in [0.15, 0.2) is 24.3 Å². The number of rotatable bonds is 11. The lowest BCUT2D eigenvalue weighted by Gasteiger charge is -2.38. The molecule has 0 heterocycles. The molecule has 0 aromatic heterocycles. The maximum Gasteiger partial charge on any atom is 0.408 e. The molecule has 3 atom stereocenters. The van der Waals surface area contributed by atoms with Crippen molar-refractivity contribution in [3.8, 4) is 0 Å². The molecule has 0 bridgehead atoms. The molecule has 1 aromatic rings. The van der Waals surface area contributed by atoms with E-state index in [2.05, 4.69) is 24.5 Å². The minimum Gasteiger partial charge on any atom is -0.444 e. The number of nitrogens with one attached hydrogen (secondary N) is 2. The second-order valence-corrected chi connectivity index (χ2v) is 10.9. The second-order valence-electron chi connectivity index (χ2n) is 10.9. The topological polar surface area (TPSA) is 108 Å². The SMILES string of the molecule is Cc1ccc(C(C(=O)NC(C)C)N(C(=O)C(CO)NC(=O)OC(C)(C)C)C(C)CCC(C)C)cc1. The maximum absolute atomic E-state index is 13.8. The Morgan fingerprint density at radius 3 is 2.00 bits per heavy atom. The summed E-state index contributed by atoms with van der Waals surface area (Å²) < 4.78 is 5.29. The number of alkyl carbamates (subject to hydrolysis) is 1. The van der Waals surface area contributed by atoms with E-state index in [0.717, 1.165) is 12.0 Å². The smallest absolute Gasteiger partial charge is 0.408 e. The molecule has 0 saturated heterocycles. The third kappa shape index (κ3) is 10.3. The van der Waals surface area contributed by atoms with Gasteiger partial charge in [0.05, 0.1) is 6.61 Å². The van der Waals surface area contributed by atoms with E-state index < -0.39 is 36.3 Å². The molecular formula is C27H45N3O5. The monoisotopic (exact) mass is 491 g/mol. The number of amides is 3. The maximum atomic E-state index is 13.8. The summed E-state index contributed by atoms with van der Waals surface area (Å²) in [5, 5.41) is 15.5. The van der Waals surface area contributed by atoms with Gasteiger partial charge in [0.25, 0.3) is 0 Å². The van der Waals surface area contributed by atoms with Crippen molar-refractivity contribution in [3.05, 3.63) is 35.4 Å². The predicted molar refractivity (Wildman–Crippen MR) is 138 cm³/mol. The number of hydrogen-bond acceptors (Lipinski definition) is 5. The van der Waals surface area contributed by atoms with E-state index in [1.807, 2.05) is 52.0 Å². The molecular weight excluding hydrogens is 446 g/mol. The molecule has 0 radical (unpaired) electrons. The molecule has 1 aromatic carbocycles. The summed E-state index contributed by atoms with van der Waals surface area (Å²) in [7, 11) is 0. The molecule has 3 unspecified atom stereocenters. The minimum absolute atomic E-state index is 0.133. The standard InChI is InChI=1S/C27H45N3O5/c1-17(2)10-13-20(6)30(25(33)22(16-31)29-26(34)35-27(7,8)9)23(24(32)28-18(3)4)21-14-11-19(5)12-15-21/h11-12,14-15,17-18,20,22-23,31H,10,13,16H2,1-9H3,(H,28,32)(H,29,34). The van der Waals surface area contributed by atoms with Crippen LogP contribution in [0, 0.1) is 12.8 Å². The van der Waals surface area contributed by atoms with Gasteiger partial charge in [-0.3, -0.25) is 9.59 Å². The summed E-state index contributed by atoms with van der Waals surface area (Å²) in [4.78, 5) is 41.2. The van der Waals surface area contributed by atoms with Gasteiger partial charge in [0, 0.05) is 12.1 Å². The highest BCUT2D eigenvalue weighted by molar-refractivity contribution is 5.92. The van der Waals surface area contributed by atoms with Crippen molar-refractivity contribution in [1.29, 1.82) is 0 Å². The molecule has 3 N–H and O–H groups in total. The van der Waals surface area contributed by atoms with Crippen LogP contribution in [0.1, 0.15) is 85.4 Å². The van der Waals surface area contributed by atoms with Crippen LogP contribution in [0.4, 0.5) is 4.79 Å². The Morgan fingerprint density at radius 2 is 1.54 bits per heavy atom. The zero-order valence-electron chi connectivity index (χ0n) is 22.8. The van der Waals surface area contributed by atoms with Crippen LogP contribution in [-0.2, 0) is 14.3 Å². The van der Waals surface area contributed by atoms with Crippen molar-refractivity contribution in [3.63, 3.8) is 0 Å². The summed E-state index contributed by atoms with van der Waals surface area (Å²) >= 11 is 0. The van der Waals surface area contributed by atoms with Crippen LogP contribution in [-0.4, -0.2) is 58.2 Å². The number of carbonyl (C=O) groups excluding carboxylic acids is 3. The van der Waals surface area contributed by atoms with Gasteiger partial charge in [-0.2, -0.15) is 0 Å². The number of carbonyl (C=O) groups is 3. The van der Waals surface area contributed by atoms with Gasteiger partial charge < -0.3 is 25.4 Å². The van der Waals surface area contributed by atoms with E-state index in [-0.39, 0.29) is 18.0 Å². The van der Waals surface area contributed by atoms with E-state index in [9.17, 15) is 19.5 Å². The first kappa shape index (κ1) is 30.4. The first-order valence-electron chi connectivity index (χ1n) is 12.5. The fraction of sp³-hybridized carbons (Fsp3) is 0.667. The third-order valence-corrected chi connectivity index (χ3v) is 5.41. The fourth-order valence-electron chi connectivity index (χ4n) is 3.68. The summed E-state index contributed by atoms with van der Waals surface area (Å²) in [6.07, 6.45) is 0.699. The van der Waals surface area contributed by atoms with E-state index in [1.54, 1.807) is 20.8 Å². The molecule has 1 rings (SSSR count). The van der Waals surface area contributed by atoms with Crippen molar-refractivity contribution in [2.45, 2.75) is 105 Å². The number of benzene rings is 1. The van der Waals surface area contributed by atoms with Crippen LogP contribution < -0.4 is 10.6 Å². The molecule has 0 fully saturated rings. The molecule has 8 nitrogen and oxygen atoms in total. The summed E-state index contributed by atoms with van der Waals surface area (Å²) in [6, 6.07) is 4.82. The second kappa shape index (κ2) is 13.5. The lowest BCUT2D eigenvalue weighted by atomic mass is 9.96. The van der Waals surface area contributed by atoms with Crippen LogP contribution in [0.3, 0.4) is 0 Å². The van der Waals surface area contributed by atoms with Crippen molar-refractivity contribution in [2.75, 3.05) is 6.61 Å². The molecule has 198 valence electrons. The van der Waals surface area contributed by atoms with Crippen molar-refractivity contribution in [2.24, 2.45) is 5.92 Å². The summed E-state index contributed by atoms with van der Waals surface area (Å²) in [6.45, 7) is 16.3. The quantitative estimate of drug-likeness (QED) is 0.432. The van der Waals surface area contributed by atoms with Crippen molar-refractivity contribution in [1.82, 2.24) is 15.5 Å². The van der Waals surface area contributed by atoms with Crippen LogP contribution >= 0.6 is 0 Å². The third-order valence-electron chi connectivity index (χ3n) is 5.41. The molecule has 0 saturated carbocycles. The van der Waals surface area contributed by atoms with Gasteiger partial charge in [0.15, 0.2) is 0 Å². The van der Waals surface area contributed by atoms with Gasteiger partial charge >= 0.3 is 6.09 Å². The van der Waals surface area contributed by atoms with Crippen LogP contribution in [0.2, 0.25) is 0 Å². The average molecular weight is 492 g/mol. The molecule has 3 amide bonds. The van der Waals surface area contributed by atoms with Crippen LogP contribution in [0.5, 0.6) is 0 Å². The Balaban J connectivity index is 3.48. The highest BCUT2D eigenvalue weighted by atomic mass is 16.6. The van der Waals surface area contributed by atoms with E-state index in [0.29, 0.717) is 17.9 Å². The summed E-state index contributed by atoms with van der Waals surface area (Å²) in [5.74, 6) is -0.452. The molecule has 8 heteroatoms. The van der Waals surface area contributed by atoms with Gasteiger partial charge in [-0.1, -0.05) is 43.7 Å². The summed E-state index contributed by atoms with van der Waals surface area (Å²) in [5.41, 5.74) is 0.925. The van der Waals surface area contributed by atoms with E-state index in [1.165, 1.54) is 4.90 Å². The lowest BCUT2D eigenvalue weighted by Crippen LogP contribution is -2.57. The molecule has 0 aliphatic rings. The molecule has 0 aliphatic carbocycles. The van der Waals surface area contributed by atoms with Crippen LogP contribution in [0.25, 0.3) is 0 Å². The number of aliphatic hydroxyl groups is 1. The molecule has 0 aliphatic heterocycles. The number of ether oxygens (including phenoxy) is 1. The van der Waals surface area contributed by atoms with Crippen molar-refractivity contribution >= 4 is 17.9 Å². The number of nitrogens with zero attached hydrogens (tertiary/aromatic N) is 1. The minimum atomic E-state index is -1.26. The zero-order valence-corrected chi connectivity index (χ0v) is 22.8. The average Bonchev–Trinajstić information content (AvgIpc) is 2.72. The van der Waals surface area contributed by atoms with Gasteiger partial charge in [-0.05, 0) is 72.8 Å².